The quantitative estimate of drug-likeness (QED) is 0.772. The molecule has 4 nitrogen and oxygen atoms in total. The van der Waals surface area contributed by atoms with Gasteiger partial charge in [-0.3, -0.25) is 4.79 Å². The number of aliphatic hydroxyl groups excluding tert-OH is 2. The first-order valence-electron chi connectivity index (χ1n) is 6.56. The van der Waals surface area contributed by atoms with Gasteiger partial charge in [-0.05, 0) is 19.4 Å². The van der Waals surface area contributed by atoms with E-state index in [9.17, 15) is 15.0 Å². The molecule has 0 saturated carbocycles. The first-order valence-corrected chi connectivity index (χ1v) is 6.56. The molecule has 1 aromatic rings. The number of carbonyl (C=O) groups excluding carboxylic acids is 1. The smallest absolute Gasteiger partial charge is 0.311 e. The van der Waals surface area contributed by atoms with Gasteiger partial charge in [0, 0.05) is 5.92 Å². The Balaban J connectivity index is 2.71. The van der Waals surface area contributed by atoms with Gasteiger partial charge in [0.25, 0.3) is 0 Å². The Morgan fingerprint density at radius 2 is 1.79 bits per heavy atom. The zero-order valence-corrected chi connectivity index (χ0v) is 11.6. The molecule has 0 amide bonds. The minimum atomic E-state index is -0.950. The van der Waals surface area contributed by atoms with E-state index in [-0.39, 0.29) is 6.61 Å². The molecule has 0 spiro atoms. The van der Waals surface area contributed by atoms with Crippen LogP contribution in [0.2, 0.25) is 0 Å². The molecule has 106 valence electrons. The molecule has 0 aliphatic heterocycles. The SMILES string of the molecule is CCOC(=O)[C@H](C)[C@H](O)[C@@H](C)[C@H](O)c1ccccc1. The number of carbonyl (C=O) groups is 1. The maximum absolute atomic E-state index is 11.6. The standard InChI is InChI=1S/C15H22O4/c1-4-19-15(18)11(3)13(16)10(2)14(17)12-8-6-5-7-9-12/h5-11,13-14,16-17H,4H2,1-3H3/t10-,11-,13-,14+/m1/s1. The molecule has 1 aromatic carbocycles. The highest BCUT2D eigenvalue weighted by Gasteiger charge is 2.32. The first-order chi connectivity index (χ1) is 8.99. The fourth-order valence-electron chi connectivity index (χ4n) is 2.01. The summed E-state index contributed by atoms with van der Waals surface area (Å²) in [5.74, 6) is -1.56. The molecule has 0 aliphatic carbocycles. The van der Waals surface area contributed by atoms with E-state index in [1.165, 1.54) is 0 Å². The predicted octanol–water partition coefficient (Wildman–Crippen LogP) is 1.92. The summed E-state index contributed by atoms with van der Waals surface area (Å²) in [6.07, 6.45) is -1.76. The first kappa shape index (κ1) is 15.7. The van der Waals surface area contributed by atoms with Gasteiger partial charge in [-0.25, -0.2) is 0 Å². The van der Waals surface area contributed by atoms with Crippen LogP contribution in [0, 0.1) is 11.8 Å². The van der Waals surface area contributed by atoms with Gasteiger partial charge in [-0.15, -0.1) is 0 Å². The Labute approximate surface area is 114 Å². The van der Waals surface area contributed by atoms with Gasteiger partial charge in [-0.1, -0.05) is 37.3 Å². The Hall–Kier alpha value is -1.39. The van der Waals surface area contributed by atoms with Gasteiger partial charge < -0.3 is 14.9 Å². The second-order valence-corrected chi connectivity index (χ2v) is 4.75. The van der Waals surface area contributed by atoms with Crippen molar-refractivity contribution in [3.8, 4) is 0 Å². The van der Waals surface area contributed by atoms with Gasteiger partial charge >= 0.3 is 5.97 Å². The molecule has 0 saturated heterocycles. The van der Waals surface area contributed by atoms with Crippen molar-refractivity contribution in [3.63, 3.8) is 0 Å². The highest BCUT2D eigenvalue weighted by molar-refractivity contribution is 5.72. The van der Waals surface area contributed by atoms with Gasteiger partial charge in [0.05, 0.1) is 24.7 Å². The minimum Gasteiger partial charge on any atom is -0.466 e. The number of ether oxygens (including phenoxy) is 1. The van der Waals surface area contributed by atoms with Crippen LogP contribution < -0.4 is 0 Å². The van der Waals surface area contributed by atoms with E-state index in [0.717, 1.165) is 5.56 Å². The molecule has 0 aliphatic rings. The Morgan fingerprint density at radius 3 is 2.32 bits per heavy atom. The molecule has 4 heteroatoms. The Morgan fingerprint density at radius 1 is 1.21 bits per heavy atom. The molecule has 1 rings (SSSR count). The zero-order valence-electron chi connectivity index (χ0n) is 11.6. The van der Waals surface area contributed by atoms with Crippen LogP contribution in [0.4, 0.5) is 0 Å². The van der Waals surface area contributed by atoms with Gasteiger partial charge in [0.15, 0.2) is 0 Å². The van der Waals surface area contributed by atoms with Crippen LogP contribution in [0.5, 0.6) is 0 Å². The van der Waals surface area contributed by atoms with Crippen molar-refractivity contribution in [1.82, 2.24) is 0 Å². The van der Waals surface area contributed by atoms with Crippen LogP contribution >= 0.6 is 0 Å². The zero-order chi connectivity index (χ0) is 14.4. The Kier molecular flexibility index (Phi) is 5.99. The molecule has 0 heterocycles. The van der Waals surface area contributed by atoms with Crippen LogP contribution in [0.25, 0.3) is 0 Å². The number of hydrogen-bond acceptors (Lipinski definition) is 4. The van der Waals surface area contributed by atoms with Crippen molar-refractivity contribution >= 4 is 5.97 Å². The van der Waals surface area contributed by atoms with Crippen molar-refractivity contribution < 1.29 is 19.7 Å². The highest BCUT2D eigenvalue weighted by atomic mass is 16.5. The maximum Gasteiger partial charge on any atom is 0.311 e. The normalized spacial score (nSPS) is 17.3. The van der Waals surface area contributed by atoms with Crippen molar-refractivity contribution in [2.45, 2.75) is 33.0 Å². The molecule has 0 radical (unpaired) electrons. The summed E-state index contributed by atoms with van der Waals surface area (Å²) in [4.78, 5) is 11.6. The summed E-state index contributed by atoms with van der Waals surface area (Å²) in [7, 11) is 0. The van der Waals surface area contributed by atoms with Crippen molar-refractivity contribution in [3.05, 3.63) is 35.9 Å². The minimum absolute atomic E-state index is 0.283. The lowest BCUT2D eigenvalue weighted by molar-refractivity contribution is -0.153. The fraction of sp³-hybridized carbons (Fsp3) is 0.533. The van der Waals surface area contributed by atoms with E-state index in [0.29, 0.717) is 0 Å². The third-order valence-corrected chi connectivity index (χ3v) is 3.35. The molecule has 19 heavy (non-hydrogen) atoms. The average Bonchev–Trinajstić information content (AvgIpc) is 2.45. The van der Waals surface area contributed by atoms with E-state index < -0.39 is 30.0 Å². The number of rotatable bonds is 6. The van der Waals surface area contributed by atoms with Crippen molar-refractivity contribution in [2.75, 3.05) is 6.61 Å². The third-order valence-electron chi connectivity index (χ3n) is 3.35. The largest absolute Gasteiger partial charge is 0.466 e. The predicted molar refractivity (Wildman–Crippen MR) is 72.4 cm³/mol. The number of hydrogen-bond donors (Lipinski definition) is 2. The van der Waals surface area contributed by atoms with E-state index >= 15 is 0 Å². The molecule has 0 aromatic heterocycles. The fourth-order valence-corrected chi connectivity index (χ4v) is 2.01. The summed E-state index contributed by atoms with van der Waals surface area (Å²) < 4.78 is 4.88. The number of esters is 1. The summed E-state index contributed by atoms with van der Waals surface area (Å²) in [5, 5.41) is 20.4. The van der Waals surface area contributed by atoms with E-state index in [1.54, 1.807) is 32.9 Å². The molecule has 4 atom stereocenters. The van der Waals surface area contributed by atoms with E-state index in [4.69, 9.17) is 4.74 Å². The Bertz CT molecular complexity index is 390. The third kappa shape index (κ3) is 4.04. The summed E-state index contributed by atoms with van der Waals surface area (Å²) in [5.41, 5.74) is 0.727. The average molecular weight is 266 g/mol. The maximum atomic E-state index is 11.6. The topological polar surface area (TPSA) is 66.8 Å². The van der Waals surface area contributed by atoms with Gasteiger partial charge in [-0.2, -0.15) is 0 Å². The molecular formula is C15H22O4. The van der Waals surface area contributed by atoms with Crippen LogP contribution in [0.15, 0.2) is 30.3 Å². The van der Waals surface area contributed by atoms with Gasteiger partial charge in [0.1, 0.15) is 0 Å². The lowest BCUT2D eigenvalue weighted by Gasteiger charge is -2.27. The molecular weight excluding hydrogens is 244 g/mol. The van der Waals surface area contributed by atoms with Crippen LogP contribution in [0.1, 0.15) is 32.4 Å². The number of benzene rings is 1. The lowest BCUT2D eigenvalue weighted by atomic mass is 9.86. The summed E-state index contributed by atoms with van der Waals surface area (Å²) >= 11 is 0. The van der Waals surface area contributed by atoms with Crippen LogP contribution in [-0.2, 0) is 9.53 Å². The molecule has 2 N–H and O–H groups in total. The van der Waals surface area contributed by atoms with E-state index in [1.807, 2.05) is 18.2 Å². The van der Waals surface area contributed by atoms with E-state index in [2.05, 4.69) is 0 Å². The molecule has 0 unspecified atom stereocenters. The molecule has 0 bridgehead atoms. The monoisotopic (exact) mass is 266 g/mol. The second kappa shape index (κ2) is 7.26. The van der Waals surface area contributed by atoms with Crippen LogP contribution in [0.3, 0.4) is 0 Å². The number of aliphatic hydroxyl groups is 2. The summed E-state index contributed by atoms with van der Waals surface area (Å²) in [6, 6.07) is 9.10. The van der Waals surface area contributed by atoms with Crippen LogP contribution in [-0.4, -0.2) is 28.9 Å². The second-order valence-electron chi connectivity index (χ2n) is 4.75. The molecule has 0 fully saturated rings. The summed E-state index contributed by atoms with van der Waals surface area (Å²) in [6.45, 7) is 5.33. The van der Waals surface area contributed by atoms with Gasteiger partial charge in [0.2, 0.25) is 0 Å². The van der Waals surface area contributed by atoms with Crippen molar-refractivity contribution in [1.29, 1.82) is 0 Å². The lowest BCUT2D eigenvalue weighted by Crippen LogP contribution is -2.35. The highest BCUT2D eigenvalue weighted by Crippen LogP contribution is 2.27. The van der Waals surface area contributed by atoms with Crippen molar-refractivity contribution in [2.24, 2.45) is 11.8 Å².